The molecule has 1 aliphatic carbocycles. The minimum atomic E-state index is -0.946. The molecule has 0 aromatic heterocycles. The highest BCUT2D eigenvalue weighted by atomic mass is 16.5. The summed E-state index contributed by atoms with van der Waals surface area (Å²) < 4.78 is 6.75. The Morgan fingerprint density at radius 3 is 2.50 bits per heavy atom. The fourth-order valence-electron chi connectivity index (χ4n) is 6.03. The lowest BCUT2D eigenvalue weighted by Crippen LogP contribution is -2.65. The van der Waals surface area contributed by atoms with Gasteiger partial charge in [-0.15, -0.1) is 0 Å². The van der Waals surface area contributed by atoms with E-state index in [0.29, 0.717) is 17.8 Å². The molecule has 2 saturated heterocycles. The SMILES string of the molecule is CC1CCC2C(C1)OC1N(CC(C(C)C)C1(O)c1ccccc1)C2(C)C. The van der Waals surface area contributed by atoms with E-state index in [9.17, 15) is 5.11 Å². The summed E-state index contributed by atoms with van der Waals surface area (Å²) in [5, 5.41) is 12.1. The van der Waals surface area contributed by atoms with Crippen LogP contribution in [0.1, 0.15) is 59.4 Å². The second kappa shape index (κ2) is 6.32. The van der Waals surface area contributed by atoms with Gasteiger partial charge >= 0.3 is 0 Å². The molecule has 3 aliphatic rings. The van der Waals surface area contributed by atoms with Crippen LogP contribution in [0.2, 0.25) is 0 Å². The molecule has 2 heterocycles. The van der Waals surface area contributed by atoms with Crippen molar-refractivity contribution in [2.45, 2.75) is 77.4 Å². The van der Waals surface area contributed by atoms with Gasteiger partial charge in [-0.3, -0.25) is 4.90 Å². The Hall–Kier alpha value is -0.900. The van der Waals surface area contributed by atoms with Gasteiger partial charge in [-0.05, 0) is 44.1 Å². The quantitative estimate of drug-likeness (QED) is 0.851. The lowest BCUT2D eigenvalue weighted by Gasteiger charge is -2.56. The number of hydrogen-bond acceptors (Lipinski definition) is 3. The fraction of sp³-hybridized carbons (Fsp3) is 0.739. The topological polar surface area (TPSA) is 32.7 Å². The first-order valence-corrected chi connectivity index (χ1v) is 10.5. The Morgan fingerprint density at radius 2 is 1.85 bits per heavy atom. The molecule has 144 valence electrons. The van der Waals surface area contributed by atoms with Crippen molar-refractivity contribution in [3.8, 4) is 0 Å². The minimum absolute atomic E-state index is 0.0557. The van der Waals surface area contributed by atoms with Gasteiger partial charge in [0.05, 0.1) is 6.10 Å². The van der Waals surface area contributed by atoms with Gasteiger partial charge in [-0.25, -0.2) is 0 Å². The first-order valence-electron chi connectivity index (χ1n) is 10.5. The molecule has 4 rings (SSSR count). The highest BCUT2D eigenvalue weighted by molar-refractivity contribution is 5.28. The molecule has 1 N–H and O–H groups in total. The molecule has 0 bridgehead atoms. The van der Waals surface area contributed by atoms with Crippen LogP contribution in [0, 0.1) is 23.7 Å². The van der Waals surface area contributed by atoms with E-state index < -0.39 is 5.60 Å². The number of benzene rings is 1. The van der Waals surface area contributed by atoms with Gasteiger partial charge in [0.1, 0.15) is 11.8 Å². The molecule has 1 saturated carbocycles. The monoisotopic (exact) mass is 357 g/mol. The Balaban J connectivity index is 1.78. The summed E-state index contributed by atoms with van der Waals surface area (Å²) in [6.45, 7) is 12.5. The van der Waals surface area contributed by atoms with E-state index in [0.717, 1.165) is 18.5 Å². The van der Waals surface area contributed by atoms with Gasteiger partial charge in [0.2, 0.25) is 0 Å². The van der Waals surface area contributed by atoms with Gasteiger partial charge < -0.3 is 9.84 Å². The zero-order valence-electron chi connectivity index (χ0n) is 17.0. The second-order valence-corrected chi connectivity index (χ2v) is 9.90. The van der Waals surface area contributed by atoms with E-state index in [1.165, 1.54) is 12.8 Å². The lowest BCUT2D eigenvalue weighted by atomic mass is 9.69. The standard InChI is InChI=1S/C23H35NO2/c1-15(2)19-14-24-21(23(19,25)17-9-7-6-8-10-17)26-20-13-16(3)11-12-18(20)22(24,4)5/h6-10,15-16,18-21,25H,11-14H2,1-5H3. The molecule has 1 aromatic rings. The smallest absolute Gasteiger partial charge is 0.145 e. The summed E-state index contributed by atoms with van der Waals surface area (Å²) in [6, 6.07) is 10.2. The normalized spacial score (nSPS) is 42.5. The molecular weight excluding hydrogens is 322 g/mol. The molecule has 3 heteroatoms. The Morgan fingerprint density at radius 1 is 1.15 bits per heavy atom. The van der Waals surface area contributed by atoms with Crippen molar-refractivity contribution in [2.24, 2.45) is 23.7 Å². The zero-order valence-corrected chi connectivity index (χ0v) is 17.0. The number of aliphatic hydroxyl groups is 1. The number of nitrogens with zero attached hydrogens (tertiary/aromatic N) is 1. The minimum Gasteiger partial charge on any atom is -0.381 e. The molecule has 0 radical (unpaired) electrons. The van der Waals surface area contributed by atoms with Crippen LogP contribution >= 0.6 is 0 Å². The van der Waals surface area contributed by atoms with Crippen LogP contribution < -0.4 is 0 Å². The third-order valence-corrected chi connectivity index (χ3v) is 7.66. The maximum Gasteiger partial charge on any atom is 0.145 e. The molecule has 3 fully saturated rings. The average Bonchev–Trinajstić information content (AvgIpc) is 2.91. The van der Waals surface area contributed by atoms with Crippen molar-refractivity contribution < 1.29 is 9.84 Å². The molecule has 1 aromatic carbocycles. The van der Waals surface area contributed by atoms with E-state index in [1.54, 1.807) is 0 Å². The summed E-state index contributed by atoms with van der Waals surface area (Å²) in [5.41, 5.74) is 0.114. The predicted octanol–water partition coefficient (Wildman–Crippen LogP) is 4.40. The maximum absolute atomic E-state index is 12.1. The number of rotatable bonds is 2. The summed E-state index contributed by atoms with van der Waals surface area (Å²) >= 11 is 0. The zero-order chi connectivity index (χ0) is 18.7. The van der Waals surface area contributed by atoms with Crippen LogP contribution in [0.25, 0.3) is 0 Å². The third-order valence-electron chi connectivity index (χ3n) is 7.66. The first-order chi connectivity index (χ1) is 12.3. The highest BCUT2D eigenvalue weighted by Crippen LogP contribution is 2.55. The van der Waals surface area contributed by atoms with Crippen LogP contribution in [0.4, 0.5) is 0 Å². The molecule has 0 amide bonds. The van der Waals surface area contributed by atoms with E-state index in [2.05, 4.69) is 51.7 Å². The van der Waals surface area contributed by atoms with Gasteiger partial charge in [-0.1, -0.05) is 57.5 Å². The van der Waals surface area contributed by atoms with Gasteiger partial charge in [-0.2, -0.15) is 0 Å². The Kier molecular flexibility index (Phi) is 4.49. The fourth-order valence-corrected chi connectivity index (χ4v) is 6.03. The van der Waals surface area contributed by atoms with E-state index >= 15 is 0 Å². The van der Waals surface area contributed by atoms with Crippen molar-refractivity contribution in [3.63, 3.8) is 0 Å². The molecule has 0 spiro atoms. The van der Waals surface area contributed by atoms with E-state index in [-0.39, 0.29) is 23.8 Å². The van der Waals surface area contributed by atoms with Crippen LogP contribution in [-0.2, 0) is 10.3 Å². The summed E-state index contributed by atoms with van der Waals surface area (Å²) in [4.78, 5) is 2.49. The van der Waals surface area contributed by atoms with Crippen molar-refractivity contribution in [1.82, 2.24) is 4.90 Å². The molecule has 26 heavy (non-hydrogen) atoms. The second-order valence-electron chi connectivity index (χ2n) is 9.90. The molecule has 3 nitrogen and oxygen atoms in total. The van der Waals surface area contributed by atoms with Crippen LogP contribution in [0.3, 0.4) is 0 Å². The largest absolute Gasteiger partial charge is 0.381 e. The molecule has 6 unspecified atom stereocenters. The maximum atomic E-state index is 12.1. The van der Waals surface area contributed by atoms with E-state index in [1.807, 2.05) is 18.2 Å². The summed E-state index contributed by atoms with van der Waals surface area (Å²) in [6.07, 6.45) is 3.66. The van der Waals surface area contributed by atoms with Gasteiger partial charge in [0.15, 0.2) is 0 Å². The molecule has 6 atom stereocenters. The molecular formula is C23H35NO2. The lowest BCUT2D eigenvalue weighted by molar-refractivity contribution is -0.265. The average molecular weight is 358 g/mol. The van der Waals surface area contributed by atoms with Gasteiger partial charge in [0.25, 0.3) is 0 Å². The van der Waals surface area contributed by atoms with Crippen molar-refractivity contribution in [2.75, 3.05) is 6.54 Å². The number of fused-ring (bicyclic) bond motifs is 2. The summed E-state index contributed by atoms with van der Waals surface area (Å²) in [7, 11) is 0. The Bertz CT molecular complexity index is 643. The third kappa shape index (κ3) is 2.58. The number of hydrogen-bond donors (Lipinski definition) is 1. The van der Waals surface area contributed by atoms with Crippen molar-refractivity contribution in [3.05, 3.63) is 35.9 Å². The van der Waals surface area contributed by atoms with Crippen LogP contribution in [0.15, 0.2) is 30.3 Å². The summed E-state index contributed by atoms with van der Waals surface area (Å²) in [5.74, 6) is 1.84. The highest BCUT2D eigenvalue weighted by Gasteiger charge is 2.64. The number of ether oxygens (including phenoxy) is 1. The van der Waals surface area contributed by atoms with Gasteiger partial charge in [0, 0.05) is 23.9 Å². The molecule has 2 aliphatic heterocycles. The first kappa shape index (κ1) is 18.5. The van der Waals surface area contributed by atoms with Crippen LogP contribution in [-0.4, -0.2) is 34.4 Å². The Labute approximate surface area is 158 Å². The van der Waals surface area contributed by atoms with Crippen LogP contribution in [0.5, 0.6) is 0 Å². The van der Waals surface area contributed by atoms with Crippen molar-refractivity contribution in [1.29, 1.82) is 0 Å². The van der Waals surface area contributed by atoms with E-state index in [4.69, 9.17) is 4.74 Å². The predicted molar refractivity (Wildman–Crippen MR) is 105 cm³/mol. The van der Waals surface area contributed by atoms with Crippen molar-refractivity contribution >= 4 is 0 Å².